The number of rotatable bonds is 6. The molecule has 6 rings (SSSR count). The van der Waals surface area contributed by atoms with Crippen LogP contribution in [0.3, 0.4) is 0 Å². The second-order valence-electron chi connectivity index (χ2n) is 10.7. The lowest BCUT2D eigenvalue weighted by Gasteiger charge is -2.59. The summed E-state index contributed by atoms with van der Waals surface area (Å²) in [7, 11) is 0. The lowest BCUT2D eigenvalue weighted by atomic mass is 9.58. The minimum absolute atomic E-state index is 0.0364. The van der Waals surface area contributed by atoms with E-state index in [2.05, 4.69) is 17.8 Å². The minimum Gasteiger partial charge on any atom is -0.435 e. The third kappa shape index (κ3) is 5.04. The van der Waals surface area contributed by atoms with Gasteiger partial charge in [0.1, 0.15) is 0 Å². The highest BCUT2D eigenvalue weighted by atomic mass is 35.5. The Morgan fingerprint density at radius 2 is 1.78 bits per heavy atom. The van der Waals surface area contributed by atoms with Gasteiger partial charge in [0, 0.05) is 29.7 Å². The Hall–Kier alpha value is -1.33. The number of esters is 1. The number of hydrogen-bond acceptors (Lipinski definition) is 8. The lowest BCUT2D eigenvalue weighted by molar-refractivity contribution is -0.576. The van der Waals surface area contributed by atoms with E-state index in [4.69, 9.17) is 58.8 Å². The van der Waals surface area contributed by atoms with E-state index in [0.717, 1.165) is 19.3 Å². The zero-order chi connectivity index (χ0) is 26.5. The molecule has 8 atom stereocenters. The first-order valence-corrected chi connectivity index (χ1v) is 13.7. The monoisotopic (exact) mass is 576 g/mol. The zero-order valence-electron chi connectivity index (χ0n) is 20.9. The number of carbonyl (C=O) groups excluding carboxylic acids is 2. The Morgan fingerprint density at radius 3 is 2.51 bits per heavy atom. The maximum Gasteiger partial charge on any atom is 0.308 e. The molecule has 1 spiro atoms. The number of ether oxygens (including phenoxy) is 3. The van der Waals surface area contributed by atoms with Crippen molar-refractivity contribution in [2.45, 2.75) is 83.3 Å². The smallest absolute Gasteiger partial charge is 0.308 e. The summed E-state index contributed by atoms with van der Waals surface area (Å²) in [5.41, 5.74) is 4.71. The summed E-state index contributed by atoms with van der Waals surface area (Å²) in [6.07, 6.45) is 1.77. The van der Waals surface area contributed by atoms with Gasteiger partial charge in [0.15, 0.2) is 11.9 Å². The summed E-state index contributed by atoms with van der Waals surface area (Å²) in [6.45, 7) is 6.08. The normalized spacial score (nSPS) is 38.3. The molecule has 12 heteroatoms. The van der Waals surface area contributed by atoms with Crippen LogP contribution in [0.25, 0.3) is 0 Å². The quantitative estimate of drug-likeness (QED) is 0.255. The molecule has 1 aromatic carbocycles. The number of halogens is 3. The number of anilines is 1. The highest BCUT2D eigenvalue weighted by Crippen LogP contribution is 2.60. The first kappa shape index (κ1) is 27.2. The van der Waals surface area contributed by atoms with Crippen LogP contribution in [0.15, 0.2) is 12.1 Å². The van der Waals surface area contributed by atoms with Crippen LogP contribution >= 0.6 is 34.8 Å². The average molecular weight is 578 g/mol. The van der Waals surface area contributed by atoms with E-state index in [0.29, 0.717) is 23.0 Å². The molecule has 37 heavy (non-hydrogen) atoms. The van der Waals surface area contributed by atoms with Crippen LogP contribution in [0, 0.1) is 23.7 Å². The van der Waals surface area contributed by atoms with Crippen molar-refractivity contribution in [2.75, 3.05) is 5.43 Å². The predicted molar refractivity (Wildman–Crippen MR) is 135 cm³/mol. The van der Waals surface area contributed by atoms with Gasteiger partial charge in [-0.2, -0.15) is 0 Å². The molecule has 5 aliphatic rings. The molecule has 2 bridgehead atoms. The van der Waals surface area contributed by atoms with Gasteiger partial charge in [-0.05, 0) is 50.2 Å². The van der Waals surface area contributed by atoms with Gasteiger partial charge in [0.2, 0.25) is 18.0 Å². The number of carbonyl (C=O) groups is 2. The molecule has 4 saturated heterocycles. The van der Waals surface area contributed by atoms with Gasteiger partial charge < -0.3 is 14.2 Å². The molecule has 4 heterocycles. The fourth-order valence-electron chi connectivity index (χ4n) is 6.27. The van der Waals surface area contributed by atoms with Gasteiger partial charge in [-0.1, -0.05) is 48.7 Å². The van der Waals surface area contributed by atoms with Crippen molar-refractivity contribution in [3.63, 3.8) is 0 Å². The largest absolute Gasteiger partial charge is 0.435 e. The number of amides is 1. The molecule has 2 N–H and O–H groups in total. The standard InChI is InChI=1S/C25H31Cl3N2O7/c1-12-4-5-16-13(2)22(34-23-25(16)15(12)8-9-24(3,35-23)36-37-25)33-20(32)7-6-19(31)29-30-21-17(27)10-14(26)11-18(21)28/h10-13,15-16,22-23,30H,4-9H2,1-3H3,(H,29,31)/t12-,13-,15-,16-,22+,23-,24-,25-/m1/s1. The second-order valence-corrected chi connectivity index (χ2v) is 11.9. The van der Waals surface area contributed by atoms with E-state index < -0.39 is 35.8 Å². The van der Waals surface area contributed by atoms with E-state index in [1.807, 2.05) is 13.8 Å². The molecule has 1 amide bonds. The van der Waals surface area contributed by atoms with Crippen LogP contribution < -0.4 is 10.9 Å². The maximum atomic E-state index is 12.7. The Bertz CT molecular complexity index is 1050. The first-order valence-electron chi connectivity index (χ1n) is 12.6. The number of hydrazine groups is 1. The topological polar surface area (TPSA) is 104 Å². The number of benzene rings is 1. The predicted octanol–water partition coefficient (Wildman–Crippen LogP) is 5.62. The second kappa shape index (κ2) is 10.3. The van der Waals surface area contributed by atoms with Gasteiger partial charge in [-0.3, -0.25) is 20.4 Å². The van der Waals surface area contributed by atoms with E-state index >= 15 is 0 Å². The van der Waals surface area contributed by atoms with E-state index in [9.17, 15) is 9.59 Å². The van der Waals surface area contributed by atoms with E-state index in [1.165, 1.54) is 12.1 Å². The van der Waals surface area contributed by atoms with Crippen molar-refractivity contribution >= 4 is 52.4 Å². The Morgan fingerprint density at radius 1 is 1.05 bits per heavy atom. The van der Waals surface area contributed by atoms with Crippen LogP contribution in [0.1, 0.15) is 59.3 Å². The summed E-state index contributed by atoms with van der Waals surface area (Å²) in [6, 6.07) is 2.99. The van der Waals surface area contributed by atoms with Gasteiger partial charge in [0.05, 0.1) is 22.2 Å². The molecule has 1 aliphatic carbocycles. The van der Waals surface area contributed by atoms with Gasteiger partial charge in [-0.15, -0.1) is 0 Å². The van der Waals surface area contributed by atoms with Gasteiger partial charge in [-0.25, -0.2) is 9.78 Å². The third-order valence-corrected chi connectivity index (χ3v) is 9.05. The summed E-state index contributed by atoms with van der Waals surface area (Å²) in [4.78, 5) is 36.9. The van der Waals surface area contributed by atoms with Crippen molar-refractivity contribution in [2.24, 2.45) is 23.7 Å². The van der Waals surface area contributed by atoms with Gasteiger partial charge >= 0.3 is 5.97 Å². The van der Waals surface area contributed by atoms with Crippen molar-refractivity contribution in [3.8, 4) is 0 Å². The molecular weight excluding hydrogens is 547 g/mol. The average Bonchev–Trinajstić information content (AvgIpc) is 3.06. The molecule has 0 radical (unpaired) electrons. The number of hydrogen-bond donors (Lipinski definition) is 2. The van der Waals surface area contributed by atoms with Crippen LogP contribution in [0.4, 0.5) is 5.69 Å². The van der Waals surface area contributed by atoms with Gasteiger partial charge in [0.25, 0.3) is 0 Å². The van der Waals surface area contributed by atoms with Crippen LogP contribution in [-0.2, 0) is 33.6 Å². The summed E-state index contributed by atoms with van der Waals surface area (Å²) in [5, 5.41) is 0.860. The SMILES string of the molecule is C[C@H]1[C@@H](OC(=O)CCC(=O)NNc2c(Cl)cc(Cl)cc2Cl)O[C@@H]2O[C@@]3(C)CC[C@@H]4[C@H](C)CC[C@H]1[C@@]24OO3. The summed E-state index contributed by atoms with van der Waals surface area (Å²) in [5.74, 6) is -1.35. The van der Waals surface area contributed by atoms with Crippen LogP contribution in [-0.4, -0.2) is 35.8 Å². The third-order valence-electron chi connectivity index (χ3n) is 8.23. The lowest BCUT2D eigenvalue weighted by Crippen LogP contribution is -2.70. The molecule has 5 fully saturated rings. The van der Waals surface area contributed by atoms with Crippen LogP contribution in [0.2, 0.25) is 15.1 Å². The maximum absolute atomic E-state index is 12.7. The van der Waals surface area contributed by atoms with Crippen molar-refractivity contribution in [1.82, 2.24) is 5.43 Å². The fourth-order valence-corrected chi connectivity index (χ4v) is 7.18. The molecule has 0 aromatic heterocycles. The molecular formula is C25H31Cl3N2O7. The molecule has 0 unspecified atom stereocenters. The van der Waals surface area contributed by atoms with Crippen LogP contribution in [0.5, 0.6) is 0 Å². The molecule has 1 saturated carbocycles. The van der Waals surface area contributed by atoms with Crippen molar-refractivity contribution in [3.05, 3.63) is 27.2 Å². The van der Waals surface area contributed by atoms with E-state index in [-0.39, 0.29) is 40.6 Å². The number of fused-ring (bicyclic) bond motifs is 2. The van der Waals surface area contributed by atoms with Crippen molar-refractivity contribution in [1.29, 1.82) is 0 Å². The van der Waals surface area contributed by atoms with Crippen molar-refractivity contribution < 1.29 is 33.6 Å². The fraction of sp³-hybridized carbons (Fsp3) is 0.680. The molecule has 204 valence electrons. The number of nitrogens with one attached hydrogen (secondary N) is 2. The highest BCUT2D eigenvalue weighted by molar-refractivity contribution is 6.41. The molecule has 4 aliphatic heterocycles. The highest BCUT2D eigenvalue weighted by Gasteiger charge is 2.69. The summed E-state index contributed by atoms with van der Waals surface area (Å²) < 4.78 is 18.2. The zero-order valence-corrected chi connectivity index (χ0v) is 23.1. The Balaban J connectivity index is 1.19. The Labute approximate surface area is 230 Å². The molecule has 1 aromatic rings. The first-order chi connectivity index (χ1) is 17.5. The Kier molecular flexibility index (Phi) is 7.61. The summed E-state index contributed by atoms with van der Waals surface area (Å²) >= 11 is 18.1. The van der Waals surface area contributed by atoms with E-state index in [1.54, 1.807) is 0 Å². The minimum atomic E-state index is -0.909. The molecule has 9 nitrogen and oxygen atoms in total.